The molecular formula is C27H25N5O3. The molecule has 176 valence electrons. The number of carbonyl (C=O) groups excluding carboxylic acids is 1. The van der Waals surface area contributed by atoms with Crippen molar-refractivity contribution in [1.82, 2.24) is 14.8 Å². The first kappa shape index (κ1) is 22.2. The fourth-order valence-corrected chi connectivity index (χ4v) is 4.12. The van der Waals surface area contributed by atoms with Crippen molar-refractivity contribution in [2.24, 2.45) is 0 Å². The number of methoxy groups -OCH3 is 1. The van der Waals surface area contributed by atoms with Crippen LogP contribution in [0.4, 0.5) is 11.6 Å². The second-order valence-electron chi connectivity index (χ2n) is 8.10. The van der Waals surface area contributed by atoms with Crippen molar-refractivity contribution < 1.29 is 14.3 Å². The van der Waals surface area contributed by atoms with Gasteiger partial charge in [0.2, 0.25) is 5.95 Å². The lowest BCUT2D eigenvalue weighted by atomic mass is 9.94. The molecule has 0 unspecified atom stereocenters. The summed E-state index contributed by atoms with van der Waals surface area (Å²) in [7, 11) is 1.60. The smallest absolute Gasteiger partial charge is 0.255 e. The number of amides is 1. The van der Waals surface area contributed by atoms with Crippen LogP contribution in [0.25, 0.3) is 0 Å². The van der Waals surface area contributed by atoms with Gasteiger partial charge in [-0.2, -0.15) is 10.1 Å². The molecule has 5 rings (SSSR count). The van der Waals surface area contributed by atoms with Gasteiger partial charge in [0, 0.05) is 11.4 Å². The molecule has 1 amide bonds. The maximum atomic E-state index is 13.4. The molecule has 1 aliphatic heterocycles. The molecule has 1 aromatic heterocycles. The zero-order chi connectivity index (χ0) is 24.2. The number of ether oxygens (including phenoxy) is 2. The van der Waals surface area contributed by atoms with Crippen LogP contribution in [0, 0.1) is 0 Å². The lowest BCUT2D eigenvalue weighted by Crippen LogP contribution is -2.31. The maximum Gasteiger partial charge on any atom is 0.255 e. The molecule has 2 N–H and O–H groups in total. The van der Waals surface area contributed by atoms with E-state index in [-0.39, 0.29) is 5.91 Å². The Balaban J connectivity index is 1.48. The summed E-state index contributed by atoms with van der Waals surface area (Å²) >= 11 is 0. The zero-order valence-corrected chi connectivity index (χ0v) is 19.4. The molecule has 2 heterocycles. The van der Waals surface area contributed by atoms with Crippen LogP contribution in [0.15, 0.2) is 96.5 Å². The molecule has 0 aliphatic carbocycles. The van der Waals surface area contributed by atoms with E-state index in [0.717, 1.165) is 11.1 Å². The first-order chi connectivity index (χ1) is 17.1. The van der Waals surface area contributed by atoms with Crippen molar-refractivity contribution in [3.63, 3.8) is 0 Å². The summed E-state index contributed by atoms with van der Waals surface area (Å²) in [5.41, 5.74) is 3.82. The summed E-state index contributed by atoms with van der Waals surface area (Å²) in [6.45, 7) is 2.28. The molecule has 1 atom stereocenters. The standard InChI is InChI=1S/C27H25N5O3/c1-18-24(26(33)31-21-11-7-4-8-12-21)25(32-27(30-18)28-17-29-32)20-13-14-22(23(15-20)34-2)35-16-19-9-5-3-6-10-19/h3-15,17,25H,16H2,1-2H3,(H,31,33)(H,28,29,30)/t25-/m1/s1. The van der Waals surface area contributed by atoms with Crippen molar-refractivity contribution in [2.45, 2.75) is 19.6 Å². The van der Waals surface area contributed by atoms with E-state index in [1.807, 2.05) is 85.8 Å². The minimum Gasteiger partial charge on any atom is -0.493 e. The first-order valence-corrected chi connectivity index (χ1v) is 11.2. The third-order valence-electron chi connectivity index (χ3n) is 5.81. The number of nitrogens with zero attached hydrogens (tertiary/aromatic N) is 3. The van der Waals surface area contributed by atoms with Crippen molar-refractivity contribution >= 4 is 17.5 Å². The molecule has 0 saturated carbocycles. The Labute approximate surface area is 203 Å². The van der Waals surface area contributed by atoms with Crippen LogP contribution >= 0.6 is 0 Å². The van der Waals surface area contributed by atoms with E-state index >= 15 is 0 Å². The summed E-state index contributed by atoms with van der Waals surface area (Å²) in [5, 5.41) is 10.6. The highest BCUT2D eigenvalue weighted by Crippen LogP contribution is 2.39. The third kappa shape index (κ3) is 4.59. The van der Waals surface area contributed by atoms with Gasteiger partial charge in [-0.05, 0) is 42.3 Å². The van der Waals surface area contributed by atoms with Crippen LogP contribution < -0.4 is 20.1 Å². The molecule has 3 aromatic carbocycles. The first-order valence-electron chi connectivity index (χ1n) is 11.2. The average molecular weight is 468 g/mol. The van der Waals surface area contributed by atoms with Crippen LogP contribution in [0.3, 0.4) is 0 Å². The van der Waals surface area contributed by atoms with Gasteiger partial charge in [0.1, 0.15) is 19.0 Å². The largest absolute Gasteiger partial charge is 0.493 e. The van der Waals surface area contributed by atoms with Crippen LogP contribution in [0.1, 0.15) is 24.1 Å². The van der Waals surface area contributed by atoms with E-state index in [1.165, 1.54) is 6.33 Å². The number of anilines is 2. The van der Waals surface area contributed by atoms with Crippen molar-refractivity contribution in [1.29, 1.82) is 0 Å². The second kappa shape index (κ2) is 9.72. The van der Waals surface area contributed by atoms with Gasteiger partial charge in [0.05, 0.1) is 12.7 Å². The minimum absolute atomic E-state index is 0.226. The fourth-order valence-electron chi connectivity index (χ4n) is 4.12. The highest BCUT2D eigenvalue weighted by atomic mass is 16.5. The summed E-state index contributed by atoms with van der Waals surface area (Å²) in [5.74, 6) is 1.52. The predicted octanol–water partition coefficient (Wildman–Crippen LogP) is 4.79. The van der Waals surface area contributed by atoms with Crippen molar-refractivity contribution in [2.75, 3.05) is 17.7 Å². The summed E-state index contributed by atoms with van der Waals surface area (Å²) in [6, 6.07) is 24.4. The maximum absolute atomic E-state index is 13.4. The highest BCUT2D eigenvalue weighted by Gasteiger charge is 2.34. The quantitative estimate of drug-likeness (QED) is 0.406. The number of nitrogens with one attached hydrogen (secondary N) is 2. The molecule has 0 saturated heterocycles. The Hall–Kier alpha value is -4.59. The molecular weight excluding hydrogens is 442 g/mol. The van der Waals surface area contributed by atoms with Gasteiger partial charge in [0.15, 0.2) is 11.5 Å². The van der Waals surface area contributed by atoms with Crippen LogP contribution in [0.2, 0.25) is 0 Å². The SMILES string of the molecule is COc1cc([C@@H]2C(C(=O)Nc3ccccc3)=C(C)Nc3ncnn32)ccc1OCc1ccccc1. The predicted molar refractivity (Wildman–Crippen MR) is 133 cm³/mol. The number of para-hydroxylation sites is 1. The Morgan fingerprint density at radius 3 is 2.51 bits per heavy atom. The summed E-state index contributed by atoms with van der Waals surface area (Å²) in [4.78, 5) is 17.8. The highest BCUT2D eigenvalue weighted by molar-refractivity contribution is 6.06. The Bertz CT molecular complexity index is 1370. The Kier molecular flexibility index (Phi) is 6.17. The van der Waals surface area contributed by atoms with Gasteiger partial charge in [-0.15, -0.1) is 0 Å². The van der Waals surface area contributed by atoms with E-state index in [1.54, 1.807) is 11.8 Å². The van der Waals surface area contributed by atoms with Gasteiger partial charge < -0.3 is 20.1 Å². The number of benzene rings is 3. The molecule has 4 aromatic rings. The van der Waals surface area contributed by atoms with E-state index in [9.17, 15) is 4.79 Å². The molecule has 35 heavy (non-hydrogen) atoms. The lowest BCUT2D eigenvalue weighted by molar-refractivity contribution is -0.113. The van der Waals surface area contributed by atoms with E-state index < -0.39 is 6.04 Å². The number of hydrogen-bond acceptors (Lipinski definition) is 6. The number of fused-ring (bicyclic) bond motifs is 1. The molecule has 0 spiro atoms. The minimum atomic E-state index is -0.505. The molecule has 0 bridgehead atoms. The average Bonchev–Trinajstić information content (AvgIpc) is 3.35. The number of allylic oxidation sites excluding steroid dienone is 1. The van der Waals surface area contributed by atoms with Gasteiger partial charge in [0.25, 0.3) is 5.91 Å². The number of carbonyl (C=O) groups is 1. The lowest BCUT2D eigenvalue weighted by Gasteiger charge is -2.29. The Morgan fingerprint density at radius 1 is 1.03 bits per heavy atom. The number of hydrogen-bond donors (Lipinski definition) is 2. The summed E-state index contributed by atoms with van der Waals surface area (Å²) in [6.07, 6.45) is 1.47. The fraction of sp³-hybridized carbons (Fsp3) is 0.148. The molecule has 0 fully saturated rings. The monoisotopic (exact) mass is 467 g/mol. The molecule has 1 aliphatic rings. The molecule has 8 heteroatoms. The molecule has 8 nitrogen and oxygen atoms in total. The van der Waals surface area contributed by atoms with Crippen molar-refractivity contribution in [3.8, 4) is 11.5 Å². The normalized spacial score (nSPS) is 14.6. The van der Waals surface area contributed by atoms with E-state index in [0.29, 0.717) is 41.0 Å². The van der Waals surface area contributed by atoms with Gasteiger partial charge >= 0.3 is 0 Å². The van der Waals surface area contributed by atoms with E-state index in [4.69, 9.17) is 9.47 Å². The topological polar surface area (TPSA) is 90.3 Å². The number of rotatable bonds is 7. The van der Waals surface area contributed by atoms with Crippen LogP contribution in [0.5, 0.6) is 11.5 Å². The third-order valence-corrected chi connectivity index (χ3v) is 5.81. The van der Waals surface area contributed by atoms with Gasteiger partial charge in [-0.3, -0.25) is 4.79 Å². The van der Waals surface area contributed by atoms with Crippen molar-refractivity contribution in [3.05, 3.63) is 108 Å². The summed E-state index contributed by atoms with van der Waals surface area (Å²) < 4.78 is 13.4. The zero-order valence-electron chi connectivity index (χ0n) is 19.4. The van der Waals surface area contributed by atoms with Crippen LogP contribution in [-0.4, -0.2) is 27.8 Å². The van der Waals surface area contributed by atoms with Gasteiger partial charge in [-0.25, -0.2) is 4.68 Å². The van der Waals surface area contributed by atoms with Crippen LogP contribution in [-0.2, 0) is 11.4 Å². The number of aromatic nitrogens is 3. The molecule has 0 radical (unpaired) electrons. The Morgan fingerprint density at radius 2 is 1.77 bits per heavy atom. The van der Waals surface area contributed by atoms with E-state index in [2.05, 4.69) is 20.7 Å². The van der Waals surface area contributed by atoms with Gasteiger partial charge in [-0.1, -0.05) is 54.6 Å². The second-order valence-corrected chi connectivity index (χ2v) is 8.10.